The molecular weight excluding hydrogens is 374 g/mol. The maximum Gasteiger partial charge on any atom is 0.344 e. The number of hydrogen-bond donors (Lipinski definition) is 0. The fourth-order valence-corrected chi connectivity index (χ4v) is 3.51. The van der Waals surface area contributed by atoms with E-state index < -0.39 is 35.7 Å². The van der Waals surface area contributed by atoms with Crippen molar-refractivity contribution in [3.05, 3.63) is 64.7 Å². The average molecular weight is 390 g/mol. The minimum absolute atomic E-state index is 0.348. The molecule has 0 aliphatic heterocycles. The van der Waals surface area contributed by atoms with Gasteiger partial charge in [0.15, 0.2) is 6.61 Å². The van der Waals surface area contributed by atoms with E-state index in [2.05, 4.69) is 4.98 Å². The van der Waals surface area contributed by atoms with E-state index >= 15 is 0 Å². The summed E-state index contributed by atoms with van der Waals surface area (Å²) in [6.07, 6.45) is 0. The Kier molecular flexibility index (Phi) is 5.46. The molecule has 3 rings (SSSR count). The van der Waals surface area contributed by atoms with E-state index in [9.17, 15) is 18.4 Å². The summed E-state index contributed by atoms with van der Waals surface area (Å²) < 4.78 is 33.0. The van der Waals surface area contributed by atoms with E-state index in [4.69, 9.17) is 4.74 Å². The Morgan fingerprint density at radius 2 is 1.81 bits per heavy atom. The van der Waals surface area contributed by atoms with E-state index in [1.807, 2.05) is 24.3 Å². The highest BCUT2D eigenvalue weighted by molar-refractivity contribution is 7.18. The number of ether oxygens (including phenoxy) is 1. The Balaban J connectivity index is 1.65. The van der Waals surface area contributed by atoms with Crippen molar-refractivity contribution in [3.8, 4) is 0 Å². The zero-order valence-electron chi connectivity index (χ0n) is 14.6. The monoisotopic (exact) mass is 390 g/mol. The number of carbonyl (C=O) groups excluding carboxylic acids is 2. The van der Waals surface area contributed by atoms with Crippen LogP contribution in [-0.4, -0.2) is 35.4 Å². The van der Waals surface area contributed by atoms with Crippen molar-refractivity contribution >= 4 is 33.4 Å². The number of rotatable bonds is 5. The normalized spacial score (nSPS) is 12.0. The van der Waals surface area contributed by atoms with E-state index in [0.717, 1.165) is 33.4 Å². The molecule has 27 heavy (non-hydrogen) atoms. The van der Waals surface area contributed by atoms with Crippen molar-refractivity contribution in [2.24, 2.45) is 0 Å². The van der Waals surface area contributed by atoms with Gasteiger partial charge in [0.25, 0.3) is 5.91 Å². The van der Waals surface area contributed by atoms with Crippen LogP contribution in [-0.2, 0) is 9.53 Å². The number of para-hydroxylation sites is 1. The Morgan fingerprint density at radius 3 is 2.48 bits per heavy atom. The number of likely N-dealkylation sites (N-methyl/N-ethyl adjacent to an activating group) is 1. The Morgan fingerprint density at radius 1 is 1.15 bits per heavy atom. The summed E-state index contributed by atoms with van der Waals surface area (Å²) in [5, 5.41) is 0.735. The van der Waals surface area contributed by atoms with Crippen LogP contribution < -0.4 is 0 Å². The highest BCUT2D eigenvalue weighted by Gasteiger charge is 2.24. The summed E-state index contributed by atoms with van der Waals surface area (Å²) in [7, 11) is 1.55. The van der Waals surface area contributed by atoms with Crippen LogP contribution in [0.15, 0.2) is 42.5 Å². The van der Waals surface area contributed by atoms with Crippen molar-refractivity contribution < 1.29 is 23.1 Å². The predicted molar refractivity (Wildman–Crippen MR) is 97.4 cm³/mol. The van der Waals surface area contributed by atoms with Gasteiger partial charge in [-0.1, -0.05) is 18.2 Å². The lowest BCUT2D eigenvalue weighted by atomic mass is 10.2. The summed E-state index contributed by atoms with van der Waals surface area (Å²) >= 11 is 1.46. The number of esters is 1. The second-order valence-corrected chi connectivity index (χ2v) is 6.94. The van der Waals surface area contributed by atoms with E-state index in [1.54, 1.807) is 14.0 Å². The van der Waals surface area contributed by atoms with Crippen LogP contribution in [0.1, 0.15) is 28.3 Å². The van der Waals surface area contributed by atoms with Crippen molar-refractivity contribution in [2.45, 2.75) is 13.0 Å². The summed E-state index contributed by atoms with van der Waals surface area (Å²) in [6.45, 7) is 1.17. The van der Waals surface area contributed by atoms with Gasteiger partial charge in [-0.3, -0.25) is 4.79 Å². The number of nitrogens with zero attached hydrogens (tertiary/aromatic N) is 2. The average Bonchev–Trinajstić information content (AvgIpc) is 3.09. The molecule has 1 aromatic heterocycles. The van der Waals surface area contributed by atoms with Crippen LogP contribution in [0.2, 0.25) is 0 Å². The molecule has 0 fully saturated rings. The summed E-state index contributed by atoms with van der Waals surface area (Å²) in [5.41, 5.74) is 0.0267. The maximum absolute atomic E-state index is 13.6. The lowest BCUT2D eigenvalue weighted by Crippen LogP contribution is -2.33. The van der Waals surface area contributed by atoms with Crippen molar-refractivity contribution in [2.75, 3.05) is 13.7 Å². The van der Waals surface area contributed by atoms with Crippen molar-refractivity contribution in [1.82, 2.24) is 9.88 Å². The van der Waals surface area contributed by atoms with Gasteiger partial charge in [0, 0.05) is 7.05 Å². The fourth-order valence-electron chi connectivity index (χ4n) is 2.44. The van der Waals surface area contributed by atoms with Crippen LogP contribution in [0.5, 0.6) is 0 Å². The third-order valence-corrected chi connectivity index (χ3v) is 5.34. The number of benzene rings is 2. The molecule has 0 aliphatic carbocycles. The summed E-state index contributed by atoms with van der Waals surface area (Å²) in [5.74, 6) is -3.81. The smallest absolute Gasteiger partial charge is 0.344 e. The summed E-state index contributed by atoms with van der Waals surface area (Å²) in [4.78, 5) is 30.1. The minimum atomic E-state index is -1.22. The van der Waals surface area contributed by atoms with Gasteiger partial charge < -0.3 is 9.64 Å². The molecule has 0 saturated carbocycles. The number of halogens is 2. The molecule has 0 N–H and O–H groups in total. The first kappa shape index (κ1) is 18.9. The lowest BCUT2D eigenvalue weighted by Gasteiger charge is -2.23. The standard InChI is InChI=1S/C19H16F2N2O3S/c1-11(18-22-14-8-3-4-9-15(14)27-18)23(2)16(24)10-26-19(25)17-12(20)6-5-7-13(17)21/h3-9,11H,10H2,1-2H3/t11-/m0/s1. The Labute approximate surface area is 158 Å². The second kappa shape index (κ2) is 7.79. The molecule has 5 nitrogen and oxygen atoms in total. The van der Waals surface area contributed by atoms with Gasteiger partial charge in [-0.15, -0.1) is 11.3 Å². The molecular formula is C19H16F2N2O3S. The van der Waals surface area contributed by atoms with Gasteiger partial charge in [-0.25, -0.2) is 18.6 Å². The molecule has 0 saturated heterocycles. The molecule has 1 amide bonds. The van der Waals surface area contributed by atoms with Gasteiger partial charge in [-0.05, 0) is 31.2 Å². The lowest BCUT2D eigenvalue weighted by molar-refractivity contribution is -0.135. The molecule has 1 heterocycles. The first-order valence-electron chi connectivity index (χ1n) is 8.10. The van der Waals surface area contributed by atoms with E-state index in [0.29, 0.717) is 0 Å². The van der Waals surface area contributed by atoms with Gasteiger partial charge in [-0.2, -0.15) is 0 Å². The number of thiazole rings is 1. The summed E-state index contributed by atoms with van der Waals surface area (Å²) in [6, 6.07) is 10.3. The molecule has 2 aromatic carbocycles. The van der Waals surface area contributed by atoms with Gasteiger partial charge >= 0.3 is 5.97 Å². The SMILES string of the molecule is C[C@@H](c1nc2ccccc2s1)N(C)C(=O)COC(=O)c1c(F)cccc1F. The molecule has 8 heteroatoms. The molecule has 140 valence electrons. The quantitative estimate of drug-likeness (QED) is 0.619. The van der Waals surface area contributed by atoms with Gasteiger partial charge in [0.05, 0.1) is 16.3 Å². The van der Waals surface area contributed by atoms with Crippen LogP contribution in [0, 0.1) is 11.6 Å². The van der Waals surface area contributed by atoms with Crippen molar-refractivity contribution in [3.63, 3.8) is 0 Å². The first-order chi connectivity index (χ1) is 12.9. The topological polar surface area (TPSA) is 59.5 Å². The highest BCUT2D eigenvalue weighted by Crippen LogP contribution is 2.28. The molecule has 0 bridgehead atoms. The largest absolute Gasteiger partial charge is 0.452 e. The zero-order chi connectivity index (χ0) is 19.6. The number of hydrogen-bond acceptors (Lipinski definition) is 5. The predicted octanol–water partition coefficient (Wildman–Crippen LogP) is 3.95. The van der Waals surface area contributed by atoms with E-state index in [-0.39, 0.29) is 6.04 Å². The van der Waals surface area contributed by atoms with Crippen LogP contribution in [0.4, 0.5) is 8.78 Å². The van der Waals surface area contributed by atoms with Crippen LogP contribution >= 0.6 is 11.3 Å². The van der Waals surface area contributed by atoms with E-state index in [1.165, 1.54) is 16.2 Å². The molecule has 0 radical (unpaired) electrons. The third-order valence-electron chi connectivity index (χ3n) is 4.14. The second-order valence-electron chi connectivity index (χ2n) is 5.87. The fraction of sp³-hybridized carbons (Fsp3) is 0.211. The maximum atomic E-state index is 13.6. The first-order valence-corrected chi connectivity index (χ1v) is 8.92. The highest BCUT2D eigenvalue weighted by atomic mass is 32.1. The molecule has 0 aliphatic rings. The number of amides is 1. The zero-order valence-corrected chi connectivity index (χ0v) is 15.4. The van der Waals surface area contributed by atoms with Gasteiger partial charge in [0.1, 0.15) is 22.2 Å². The van der Waals surface area contributed by atoms with Crippen molar-refractivity contribution in [1.29, 1.82) is 0 Å². The molecule has 0 spiro atoms. The Hall–Kier alpha value is -2.87. The number of aromatic nitrogens is 1. The third kappa shape index (κ3) is 3.95. The molecule has 1 atom stereocenters. The van der Waals surface area contributed by atoms with Gasteiger partial charge in [0.2, 0.25) is 0 Å². The Bertz CT molecular complexity index is 952. The number of carbonyl (C=O) groups is 2. The minimum Gasteiger partial charge on any atom is -0.452 e. The number of fused-ring (bicyclic) bond motifs is 1. The van der Waals surface area contributed by atoms with Crippen LogP contribution in [0.25, 0.3) is 10.2 Å². The molecule has 0 unspecified atom stereocenters. The molecule has 3 aromatic rings. The van der Waals surface area contributed by atoms with Crippen LogP contribution in [0.3, 0.4) is 0 Å².